The molecule has 4 aromatic rings. The van der Waals surface area contributed by atoms with Crippen LogP contribution in [0.25, 0.3) is 27.8 Å². The summed E-state index contributed by atoms with van der Waals surface area (Å²) in [7, 11) is 1.78. The normalized spacial score (nSPS) is 12.2. The number of nitrogens with zero attached hydrogens (tertiary/aromatic N) is 5. The first-order chi connectivity index (χ1) is 11.4. The highest BCUT2D eigenvalue weighted by Gasteiger charge is 2.37. The molecular weight excluding hydrogens is 321 g/mol. The van der Waals surface area contributed by atoms with Crippen molar-refractivity contribution >= 4 is 10.9 Å². The third kappa shape index (κ3) is 2.25. The fourth-order valence-electron chi connectivity index (χ4n) is 2.63. The second-order valence-corrected chi connectivity index (χ2v) is 5.34. The molecule has 3 heterocycles. The summed E-state index contributed by atoms with van der Waals surface area (Å²) >= 11 is 0. The van der Waals surface area contributed by atoms with Crippen LogP contribution in [0.15, 0.2) is 43.1 Å². The van der Waals surface area contributed by atoms with Crippen LogP contribution in [0.5, 0.6) is 0 Å². The van der Waals surface area contributed by atoms with Gasteiger partial charge in [0.05, 0.1) is 34.8 Å². The van der Waals surface area contributed by atoms with E-state index < -0.39 is 11.9 Å². The number of fused-ring (bicyclic) bond motifs is 1. The average molecular weight is 332 g/mol. The van der Waals surface area contributed by atoms with Gasteiger partial charge in [-0.2, -0.15) is 23.4 Å². The molecule has 0 saturated carbocycles. The number of imidazole rings is 1. The van der Waals surface area contributed by atoms with E-state index in [1.165, 1.54) is 6.33 Å². The van der Waals surface area contributed by atoms with E-state index in [4.69, 9.17) is 0 Å². The number of rotatable bonds is 2. The summed E-state index contributed by atoms with van der Waals surface area (Å²) < 4.78 is 42.8. The maximum atomic E-state index is 13.2. The summed E-state index contributed by atoms with van der Waals surface area (Å²) in [5, 5.41) is 9.93. The van der Waals surface area contributed by atoms with Gasteiger partial charge < -0.3 is 4.57 Å². The van der Waals surface area contributed by atoms with Gasteiger partial charge in [0.2, 0.25) is 0 Å². The van der Waals surface area contributed by atoms with Crippen LogP contribution in [0.1, 0.15) is 5.69 Å². The van der Waals surface area contributed by atoms with Gasteiger partial charge in [-0.25, -0.2) is 4.98 Å². The van der Waals surface area contributed by atoms with Gasteiger partial charge in [0, 0.05) is 25.0 Å². The first-order valence-electron chi connectivity index (χ1n) is 7.01. The second-order valence-electron chi connectivity index (χ2n) is 5.34. The quantitative estimate of drug-likeness (QED) is 0.613. The Labute approximate surface area is 133 Å². The Hall–Kier alpha value is -3.10. The average Bonchev–Trinajstić information content (AvgIpc) is 3.24. The number of aromatic amines is 1. The van der Waals surface area contributed by atoms with Crippen molar-refractivity contribution in [3.8, 4) is 16.9 Å². The third-order valence-electron chi connectivity index (χ3n) is 3.70. The van der Waals surface area contributed by atoms with E-state index in [1.807, 2.05) is 0 Å². The Balaban J connectivity index is 1.88. The first kappa shape index (κ1) is 14.5. The molecule has 0 bridgehead atoms. The molecule has 1 N–H and O–H groups in total. The van der Waals surface area contributed by atoms with Crippen molar-refractivity contribution in [1.29, 1.82) is 0 Å². The Morgan fingerprint density at radius 3 is 2.71 bits per heavy atom. The summed E-state index contributed by atoms with van der Waals surface area (Å²) in [5.74, 6) is 0. The van der Waals surface area contributed by atoms with E-state index >= 15 is 0 Å². The maximum Gasteiger partial charge on any atom is 0.435 e. The van der Waals surface area contributed by atoms with E-state index in [0.717, 1.165) is 5.56 Å². The molecule has 0 unspecified atom stereocenters. The standard InChI is InChI=1S/C15H11F3N6/c1-23-6-9(5-20-23)11-7-24(8-19-11)12-4-2-3-10-13(12)14(22-21-10)15(16,17)18/h2-8H,1H3,(H,21,22). The maximum absolute atomic E-state index is 13.2. The largest absolute Gasteiger partial charge is 0.435 e. The number of H-pyrrole nitrogens is 1. The summed E-state index contributed by atoms with van der Waals surface area (Å²) in [4.78, 5) is 4.26. The fourth-order valence-corrected chi connectivity index (χ4v) is 2.63. The summed E-state index contributed by atoms with van der Waals surface area (Å²) in [6, 6.07) is 4.82. The SMILES string of the molecule is Cn1cc(-c2cn(-c3cccc4[nH]nc(C(F)(F)F)c34)cn2)cn1. The minimum atomic E-state index is -4.54. The number of aryl methyl sites for hydroxylation is 1. The van der Waals surface area contributed by atoms with Crippen molar-refractivity contribution in [1.82, 2.24) is 29.5 Å². The van der Waals surface area contributed by atoms with Crippen LogP contribution in [0.3, 0.4) is 0 Å². The second kappa shape index (κ2) is 4.95. The number of hydrogen-bond acceptors (Lipinski definition) is 3. The Kier molecular flexibility index (Phi) is 2.99. The van der Waals surface area contributed by atoms with Crippen LogP contribution < -0.4 is 0 Å². The predicted octanol–water partition coefficient (Wildman–Crippen LogP) is 3.17. The van der Waals surface area contributed by atoms with Gasteiger partial charge in [-0.3, -0.25) is 9.78 Å². The van der Waals surface area contributed by atoms with Crippen molar-refractivity contribution in [2.45, 2.75) is 6.18 Å². The molecule has 24 heavy (non-hydrogen) atoms. The molecule has 3 aromatic heterocycles. The lowest BCUT2D eigenvalue weighted by Gasteiger charge is -2.07. The minimum Gasteiger partial charge on any atom is -0.305 e. The van der Waals surface area contributed by atoms with Crippen LogP contribution in [0.2, 0.25) is 0 Å². The summed E-state index contributed by atoms with van der Waals surface area (Å²) in [6.07, 6.45) is 2.03. The van der Waals surface area contributed by atoms with E-state index in [2.05, 4.69) is 20.3 Å². The molecule has 122 valence electrons. The van der Waals surface area contributed by atoms with Gasteiger partial charge in [0.25, 0.3) is 0 Å². The highest BCUT2D eigenvalue weighted by atomic mass is 19.4. The smallest absolute Gasteiger partial charge is 0.305 e. The van der Waals surface area contributed by atoms with Crippen LogP contribution in [0.4, 0.5) is 13.2 Å². The van der Waals surface area contributed by atoms with Gasteiger partial charge >= 0.3 is 6.18 Å². The molecule has 0 aliphatic heterocycles. The van der Waals surface area contributed by atoms with Gasteiger partial charge in [-0.05, 0) is 12.1 Å². The molecule has 1 aromatic carbocycles. The lowest BCUT2D eigenvalue weighted by atomic mass is 10.1. The zero-order valence-corrected chi connectivity index (χ0v) is 12.4. The zero-order valence-electron chi connectivity index (χ0n) is 12.4. The Morgan fingerprint density at radius 1 is 1.17 bits per heavy atom. The highest BCUT2D eigenvalue weighted by molar-refractivity contribution is 5.90. The van der Waals surface area contributed by atoms with Gasteiger partial charge in [0.15, 0.2) is 5.69 Å². The molecule has 0 aliphatic carbocycles. The molecule has 0 saturated heterocycles. The lowest BCUT2D eigenvalue weighted by molar-refractivity contribution is -0.139. The molecule has 0 radical (unpaired) electrons. The predicted molar refractivity (Wildman–Crippen MR) is 80.4 cm³/mol. The minimum absolute atomic E-state index is 0.0140. The first-order valence-corrected chi connectivity index (χ1v) is 7.01. The number of aromatic nitrogens is 6. The van der Waals surface area contributed by atoms with Crippen molar-refractivity contribution in [3.63, 3.8) is 0 Å². The van der Waals surface area contributed by atoms with E-state index in [0.29, 0.717) is 16.9 Å². The number of hydrogen-bond donors (Lipinski definition) is 1. The van der Waals surface area contributed by atoms with Crippen molar-refractivity contribution in [2.24, 2.45) is 7.05 Å². The molecular formula is C15H11F3N6. The third-order valence-corrected chi connectivity index (χ3v) is 3.70. The van der Waals surface area contributed by atoms with Gasteiger partial charge in [-0.15, -0.1) is 0 Å². The Bertz CT molecular complexity index is 1020. The topological polar surface area (TPSA) is 64.3 Å². The molecule has 4 rings (SSSR count). The van der Waals surface area contributed by atoms with Crippen molar-refractivity contribution in [2.75, 3.05) is 0 Å². The number of benzene rings is 1. The van der Waals surface area contributed by atoms with E-state index in [9.17, 15) is 13.2 Å². The van der Waals surface area contributed by atoms with Gasteiger partial charge in [-0.1, -0.05) is 6.07 Å². The van der Waals surface area contributed by atoms with Crippen LogP contribution in [-0.4, -0.2) is 29.5 Å². The van der Waals surface area contributed by atoms with E-state index in [-0.39, 0.29) is 5.39 Å². The van der Waals surface area contributed by atoms with Crippen LogP contribution in [0, 0.1) is 0 Å². The number of halogens is 3. The number of nitrogens with one attached hydrogen (secondary N) is 1. The van der Waals surface area contributed by atoms with Crippen molar-refractivity contribution in [3.05, 3.63) is 48.8 Å². The van der Waals surface area contributed by atoms with Crippen molar-refractivity contribution < 1.29 is 13.2 Å². The molecule has 9 heteroatoms. The molecule has 0 spiro atoms. The molecule has 0 atom stereocenters. The van der Waals surface area contributed by atoms with Crippen LogP contribution in [-0.2, 0) is 13.2 Å². The summed E-state index contributed by atoms with van der Waals surface area (Å²) in [6.45, 7) is 0. The molecule has 0 amide bonds. The molecule has 6 nitrogen and oxygen atoms in total. The summed E-state index contributed by atoms with van der Waals surface area (Å²) in [5.41, 5.74) is 1.14. The fraction of sp³-hybridized carbons (Fsp3) is 0.133. The van der Waals surface area contributed by atoms with Crippen LogP contribution >= 0.6 is 0 Å². The highest BCUT2D eigenvalue weighted by Crippen LogP contribution is 2.36. The zero-order chi connectivity index (χ0) is 16.9. The monoisotopic (exact) mass is 332 g/mol. The Morgan fingerprint density at radius 2 is 2.00 bits per heavy atom. The molecule has 0 aliphatic rings. The van der Waals surface area contributed by atoms with E-state index in [1.54, 1.807) is 53.1 Å². The lowest BCUT2D eigenvalue weighted by Crippen LogP contribution is -2.07. The molecule has 0 fully saturated rings. The number of alkyl halides is 3. The van der Waals surface area contributed by atoms with Gasteiger partial charge in [0.1, 0.15) is 0 Å².